The molecule has 2 aromatic rings. The molecular weight excluding hydrogens is 254 g/mol. The Labute approximate surface area is 118 Å². The summed E-state index contributed by atoms with van der Waals surface area (Å²) in [6.45, 7) is 2.61. The van der Waals surface area contributed by atoms with E-state index >= 15 is 0 Å². The summed E-state index contributed by atoms with van der Waals surface area (Å²) < 4.78 is 5.02. The van der Waals surface area contributed by atoms with Gasteiger partial charge in [-0.3, -0.25) is 9.97 Å². The predicted molar refractivity (Wildman–Crippen MR) is 77.6 cm³/mol. The Morgan fingerprint density at radius 1 is 1.15 bits per heavy atom. The minimum atomic E-state index is 0.518. The highest BCUT2D eigenvalue weighted by Gasteiger charge is 1.97. The molecule has 106 valence electrons. The van der Waals surface area contributed by atoms with Crippen molar-refractivity contribution in [3.63, 3.8) is 0 Å². The third-order valence-corrected chi connectivity index (χ3v) is 2.71. The Balaban J connectivity index is 1.59. The largest absolute Gasteiger partial charge is 0.480 e. The van der Waals surface area contributed by atoms with Gasteiger partial charge in [-0.05, 0) is 24.6 Å². The van der Waals surface area contributed by atoms with Crippen LogP contribution in [-0.4, -0.2) is 35.2 Å². The summed E-state index contributed by atoms with van der Waals surface area (Å²) in [5.74, 6) is 1.25. The zero-order valence-corrected chi connectivity index (χ0v) is 11.5. The fraction of sp³-hybridized carbons (Fsp3) is 0.357. The Morgan fingerprint density at radius 2 is 2.10 bits per heavy atom. The van der Waals surface area contributed by atoms with Crippen LogP contribution in [0.1, 0.15) is 12.0 Å². The van der Waals surface area contributed by atoms with Crippen molar-refractivity contribution in [2.75, 3.05) is 25.5 Å². The van der Waals surface area contributed by atoms with Gasteiger partial charge in [-0.2, -0.15) is 4.98 Å². The van der Waals surface area contributed by atoms with Crippen molar-refractivity contribution < 1.29 is 4.74 Å². The molecule has 0 saturated heterocycles. The quantitative estimate of drug-likeness (QED) is 0.710. The van der Waals surface area contributed by atoms with Gasteiger partial charge in [0.05, 0.1) is 19.5 Å². The van der Waals surface area contributed by atoms with E-state index in [1.54, 1.807) is 25.7 Å². The van der Waals surface area contributed by atoms with Crippen LogP contribution in [-0.2, 0) is 6.54 Å². The molecular formula is C14H19N5O. The minimum Gasteiger partial charge on any atom is -0.480 e. The number of hydrogen-bond donors (Lipinski definition) is 2. The molecule has 2 heterocycles. The van der Waals surface area contributed by atoms with Gasteiger partial charge in [-0.15, -0.1) is 0 Å². The van der Waals surface area contributed by atoms with Gasteiger partial charge in [0.1, 0.15) is 5.82 Å². The third-order valence-electron chi connectivity index (χ3n) is 2.71. The average molecular weight is 273 g/mol. The summed E-state index contributed by atoms with van der Waals surface area (Å²) in [6, 6.07) is 4.00. The number of methoxy groups -OCH3 is 1. The van der Waals surface area contributed by atoms with Crippen molar-refractivity contribution in [2.24, 2.45) is 0 Å². The molecule has 6 heteroatoms. The van der Waals surface area contributed by atoms with Crippen LogP contribution >= 0.6 is 0 Å². The van der Waals surface area contributed by atoms with Crippen LogP contribution in [0.15, 0.2) is 36.9 Å². The van der Waals surface area contributed by atoms with E-state index in [4.69, 9.17) is 4.74 Å². The number of nitrogens with one attached hydrogen (secondary N) is 2. The van der Waals surface area contributed by atoms with Crippen molar-refractivity contribution in [3.8, 4) is 5.88 Å². The standard InChI is InChI=1S/C14H19N5O/c1-20-14-11-17-10-13(19-14)18-7-3-6-16-9-12-4-2-5-15-8-12/h2,4-5,8,10-11,16H,3,6-7,9H2,1H3,(H,18,19). The van der Waals surface area contributed by atoms with E-state index in [-0.39, 0.29) is 0 Å². The van der Waals surface area contributed by atoms with E-state index in [0.717, 1.165) is 31.9 Å². The van der Waals surface area contributed by atoms with E-state index in [9.17, 15) is 0 Å². The number of ether oxygens (including phenoxy) is 1. The van der Waals surface area contributed by atoms with Crippen LogP contribution in [0.25, 0.3) is 0 Å². The second kappa shape index (κ2) is 8.06. The van der Waals surface area contributed by atoms with Crippen LogP contribution in [0.4, 0.5) is 5.82 Å². The molecule has 2 N–H and O–H groups in total. The number of rotatable bonds is 8. The van der Waals surface area contributed by atoms with E-state index in [2.05, 4.69) is 31.7 Å². The number of anilines is 1. The number of hydrogen-bond acceptors (Lipinski definition) is 6. The Morgan fingerprint density at radius 3 is 2.90 bits per heavy atom. The summed E-state index contributed by atoms with van der Waals surface area (Å²) in [7, 11) is 1.58. The smallest absolute Gasteiger partial charge is 0.233 e. The lowest BCUT2D eigenvalue weighted by Crippen LogP contribution is -2.18. The SMILES string of the molecule is COc1cncc(NCCCNCc2cccnc2)n1. The van der Waals surface area contributed by atoms with E-state index in [1.165, 1.54) is 5.56 Å². The normalized spacial score (nSPS) is 10.2. The van der Waals surface area contributed by atoms with Crippen LogP contribution in [0.2, 0.25) is 0 Å². The van der Waals surface area contributed by atoms with Gasteiger partial charge < -0.3 is 15.4 Å². The first-order valence-electron chi connectivity index (χ1n) is 6.58. The van der Waals surface area contributed by atoms with Gasteiger partial charge in [0.2, 0.25) is 5.88 Å². The zero-order chi connectivity index (χ0) is 14.0. The Hall–Kier alpha value is -2.21. The molecule has 0 spiro atoms. The molecule has 0 bridgehead atoms. The topological polar surface area (TPSA) is 72.0 Å². The van der Waals surface area contributed by atoms with Crippen LogP contribution in [0, 0.1) is 0 Å². The molecule has 2 aromatic heterocycles. The van der Waals surface area contributed by atoms with Crippen molar-refractivity contribution in [2.45, 2.75) is 13.0 Å². The highest BCUT2D eigenvalue weighted by molar-refractivity contribution is 5.32. The van der Waals surface area contributed by atoms with Crippen LogP contribution in [0.3, 0.4) is 0 Å². The first kappa shape index (κ1) is 14.2. The summed E-state index contributed by atoms with van der Waals surface area (Å²) in [6.07, 6.45) is 7.92. The van der Waals surface area contributed by atoms with Crippen molar-refractivity contribution in [3.05, 3.63) is 42.5 Å². The number of pyridine rings is 1. The first-order chi connectivity index (χ1) is 9.88. The molecule has 0 aliphatic carbocycles. The predicted octanol–water partition coefficient (Wildman–Crippen LogP) is 1.47. The zero-order valence-electron chi connectivity index (χ0n) is 11.5. The van der Waals surface area contributed by atoms with Gasteiger partial charge in [-0.25, -0.2) is 0 Å². The second-order valence-corrected chi connectivity index (χ2v) is 4.27. The molecule has 0 unspecified atom stereocenters. The lowest BCUT2D eigenvalue weighted by molar-refractivity contribution is 0.396. The van der Waals surface area contributed by atoms with E-state index in [0.29, 0.717) is 5.88 Å². The molecule has 6 nitrogen and oxygen atoms in total. The maximum absolute atomic E-state index is 5.02. The van der Waals surface area contributed by atoms with Gasteiger partial charge in [0.25, 0.3) is 0 Å². The lowest BCUT2D eigenvalue weighted by Gasteiger charge is -2.07. The molecule has 0 saturated carbocycles. The molecule has 0 aliphatic heterocycles. The summed E-state index contributed by atoms with van der Waals surface area (Å²) in [5.41, 5.74) is 1.19. The molecule has 20 heavy (non-hydrogen) atoms. The minimum absolute atomic E-state index is 0.518. The Kier molecular flexibility index (Phi) is 5.72. The molecule has 0 atom stereocenters. The highest BCUT2D eigenvalue weighted by atomic mass is 16.5. The Bertz CT molecular complexity index is 506. The third kappa shape index (κ3) is 4.81. The van der Waals surface area contributed by atoms with Crippen LogP contribution in [0.5, 0.6) is 5.88 Å². The summed E-state index contributed by atoms with van der Waals surface area (Å²) in [5, 5.41) is 6.58. The van der Waals surface area contributed by atoms with Gasteiger partial charge in [-0.1, -0.05) is 6.07 Å². The number of nitrogens with zero attached hydrogens (tertiary/aromatic N) is 3. The fourth-order valence-corrected chi connectivity index (χ4v) is 1.70. The van der Waals surface area contributed by atoms with Gasteiger partial charge in [0.15, 0.2) is 0 Å². The van der Waals surface area contributed by atoms with E-state index in [1.807, 2.05) is 12.3 Å². The van der Waals surface area contributed by atoms with Crippen molar-refractivity contribution in [1.29, 1.82) is 0 Å². The first-order valence-corrected chi connectivity index (χ1v) is 6.58. The maximum atomic E-state index is 5.02. The maximum Gasteiger partial charge on any atom is 0.233 e. The van der Waals surface area contributed by atoms with E-state index < -0.39 is 0 Å². The average Bonchev–Trinajstić information content (AvgIpc) is 2.52. The molecule has 0 fully saturated rings. The fourth-order valence-electron chi connectivity index (χ4n) is 1.70. The van der Waals surface area contributed by atoms with Gasteiger partial charge >= 0.3 is 0 Å². The molecule has 2 rings (SSSR count). The lowest BCUT2D eigenvalue weighted by atomic mass is 10.3. The van der Waals surface area contributed by atoms with Gasteiger partial charge in [0, 0.05) is 25.5 Å². The summed E-state index contributed by atoms with van der Waals surface area (Å²) >= 11 is 0. The monoisotopic (exact) mass is 273 g/mol. The van der Waals surface area contributed by atoms with Crippen LogP contribution < -0.4 is 15.4 Å². The molecule has 0 amide bonds. The van der Waals surface area contributed by atoms with Crippen molar-refractivity contribution >= 4 is 5.82 Å². The second-order valence-electron chi connectivity index (χ2n) is 4.27. The molecule has 0 aliphatic rings. The summed E-state index contributed by atoms with van der Waals surface area (Å²) in [4.78, 5) is 12.3. The number of aromatic nitrogens is 3. The highest BCUT2D eigenvalue weighted by Crippen LogP contribution is 2.07. The molecule has 0 aromatic carbocycles. The molecule has 0 radical (unpaired) electrons. The van der Waals surface area contributed by atoms with Crippen molar-refractivity contribution in [1.82, 2.24) is 20.3 Å².